The van der Waals surface area contributed by atoms with E-state index in [0.29, 0.717) is 0 Å². The van der Waals surface area contributed by atoms with E-state index in [4.69, 9.17) is 18.9 Å². The second-order valence-corrected chi connectivity index (χ2v) is 9.10. The van der Waals surface area contributed by atoms with Crippen molar-refractivity contribution in [1.29, 1.82) is 0 Å². The van der Waals surface area contributed by atoms with E-state index in [1.54, 1.807) is 0 Å². The molecule has 0 spiro atoms. The zero-order valence-corrected chi connectivity index (χ0v) is 19.7. The van der Waals surface area contributed by atoms with Crippen LogP contribution in [0.3, 0.4) is 0 Å². The molecule has 2 fully saturated rings. The molecule has 0 aromatic heterocycles. The minimum atomic E-state index is -1.09. The molecule has 1 N–H and O–H groups in total. The maximum absolute atomic E-state index is 10.6. The Labute approximate surface area is 210 Å². The summed E-state index contributed by atoms with van der Waals surface area (Å²) in [5, 5.41) is 10.6. The molecule has 4 aromatic carbocycles. The number of ether oxygens (including phenoxy) is 4. The fraction of sp³-hybridized carbons (Fsp3) is 0.226. The van der Waals surface area contributed by atoms with Crippen molar-refractivity contribution in [2.24, 2.45) is 0 Å². The average molecular weight is 481 g/mol. The second-order valence-electron chi connectivity index (χ2n) is 9.10. The van der Waals surface area contributed by atoms with Gasteiger partial charge in [-0.1, -0.05) is 121 Å². The summed E-state index contributed by atoms with van der Waals surface area (Å²) < 4.78 is 25.1. The van der Waals surface area contributed by atoms with Crippen LogP contribution in [0.15, 0.2) is 121 Å². The van der Waals surface area contributed by atoms with Gasteiger partial charge < -0.3 is 24.1 Å². The lowest BCUT2D eigenvalue weighted by Gasteiger charge is -2.37. The van der Waals surface area contributed by atoms with E-state index in [2.05, 4.69) is 36.4 Å². The average Bonchev–Trinajstić information content (AvgIpc) is 3.52. The van der Waals surface area contributed by atoms with Crippen LogP contribution < -0.4 is 0 Å². The van der Waals surface area contributed by atoms with E-state index >= 15 is 0 Å². The molecule has 2 heterocycles. The Hall–Kier alpha value is -3.32. The third-order valence-corrected chi connectivity index (χ3v) is 6.92. The Kier molecular flexibility index (Phi) is 6.40. The van der Waals surface area contributed by atoms with Crippen molar-refractivity contribution in [2.75, 3.05) is 6.61 Å². The molecular formula is C31H28O5. The number of benzene rings is 4. The van der Waals surface area contributed by atoms with Gasteiger partial charge in [-0.3, -0.25) is 0 Å². The minimum Gasteiger partial charge on any atom is -0.366 e. The Morgan fingerprint density at radius 3 is 1.53 bits per heavy atom. The summed E-state index contributed by atoms with van der Waals surface area (Å²) in [6.45, 7) is 0.196. The highest BCUT2D eigenvalue weighted by atomic mass is 16.8. The number of fused-ring (bicyclic) bond motifs is 1. The largest absolute Gasteiger partial charge is 0.366 e. The molecule has 4 aromatic rings. The molecule has 2 saturated heterocycles. The predicted octanol–water partition coefficient (Wildman–Crippen LogP) is 5.20. The maximum atomic E-state index is 10.6. The fourth-order valence-corrected chi connectivity index (χ4v) is 5.21. The first-order chi connectivity index (χ1) is 17.8. The van der Waals surface area contributed by atoms with Crippen molar-refractivity contribution >= 4 is 0 Å². The summed E-state index contributed by atoms with van der Waals surface area (Å²) >= 11 is 0. The van der Waals surface area contributed by atoms with Crippen LogP contribution in [-0.2, 0) is 24.5 Å². The SMILES string of the molecule is O[C@@H]1O[C@H](COC(c2ccccc2)(c2ccccc2)c2ccccc2)[C@H]2OC(c3ccccc3)O[C@H]21. The predicted molar refractivity (Wildman–Crippen MR) is 135 cm³/mol. The lowest BCUT2D eigenvalue weighted by molar-refractivity contribution is -0.197. The van der Waals surface area contributed by atoms with Gasteiger partial charge in [0.25, 0.3) is 0 Å². The number of rotatable bonds is 7. The Balaban J connectivity index is 1.34. The van der Waals surface area contributed by atoms with Crippen LogP contribution in [0, 0.1) is 0 Å². The number of aliphatic hydroxyl groups excluding tert-OH is 1. The van der Waals surface area contributed by atoms with Gasteiger partial charge in [0.2, 0.25) is 0 Å². The normalized spacial score (nSPS) is 25.5. The van der Waals surface area contributed by atoms with Crippen molar-refractivity contribution in [3.63, 3.8) is 0 Å². The molecule has 0 aliphatic carbocycles. The quantitative estimate of drug-likeness (QED) is 0.369. The molecule has 0 bridgehead atoms. The Bertz CT molecular complexity index is 1150. The van der Waals surface area contributed by atoms with Crippen LogP contribution in [-0.4, -0.2) is 36.3 Å². The van der Waals surface area contributed by atoms with E-state index in [1.807, 2.05) is 84.9 Å². The maximum Gasteiger partial charge on any atom is 0.185 e. The zero-order chi connectivity index (χ0) is 24.4. The summed E-state index contributed by atoms with van der Waals surface area (Å²) in [5.74, 6) is 0. The van der Waals surface area contributed by atoms with Crippen LogP contribution in [0.4, 0.5) is 0 Å². The molecule has 5 nitrogen and oxygen atoms in total. The molecular weight excluding hydrogens is 452 g/mol. The van der Waals surface area contributed by atoms with Crippen molar-refractivity contribution in [3.8, 4) is 0 Å². The molecule has 2 aliphatic heterocycles. The van der Waals surface area contributed by atoms with Gasteiger partial charge in [0.1, 0.15) is 23.9 Å². The summed E-state index contributed by atoms with van der Waals surface area (Å²) in [5.41, 5.74) is 3.04. The van der Waals surface area contributed by atoms with Crippen LogP contribution in [0.25, 0.3) is 0 Å². The molecule has 0 radical (unpaired) electrons. The van der Waals surface area contributed by atoms with Gasteiger partial charge in [-0.05, 0) is 16.7 Å². The molecule has 5 heteroatoms. The van der Waals surface area contributed by atoms with Crippen molar-refractivity contribution < 1.29 is 24.1 Å². The Morgan fingerprint density at radius 1 is 0.583 bits per heavy atom. The van der Waals surface area contributed by atoms with Crippen LogP contribution >= 0.6 is 0 Å². The molecule has 36 heavy (non-hydrogen) atoms. The number of hydrogen-bond acceptors (Lipinski definition) is 5. The Morgan fingerprint density at radius 2 is 1.03 bits per heavy atom. The first-order valence-electron chi connectivity index (χ1n) is 12.3. The molecule has 5 atom stereocenters. The lowest BCUT2D eigenvalue weighted by Crippen LogP contribution is -2.39. The van der Waals surface area contributed by atoms with Crippen molar-refractivity contribution in [1.82, 2.24) is 0 Å². The monoisotopic (exact) mass is 480 g/mol. The molecule has 0 amide bonds. The van der Waals surface area contributed by atoms with Gasteiger partial charge in [0.05, 0.1) is 6.61 Å². The third kappa shape index (κ3) is 4.15. The highest BCUT2D eigenvalue weighted by Crippen LogP contribution is 2.43. The minimum absolute atomic E-state index is 0.196. The molecule has 0 saturated carbocycles. The fourth-order valence-electron chi connectivity index (χ4n) is 5.21. The molecule has 6 rings (SSSR count). The summed E-state index contributed by atoms with van der Waals surface area (Å²) in [6, 6.07) is 40.3. The molecule has 2 aliphatic rings. The van der Waals surface area contributed by atoms with Gasteiger partial charge >= 0.3 is 0 Å². The summed E-state index contributed by atoms with van der Waals surface area (Å²) in [7, 11) is 0. The standard InChI is InChI=1S/C31H28O5/c32-29-28-27(35-30(36-28)22-13-5-1-6-14-22)26(34-29)21-33-31(23-15-7-2-8-16-23,24-17-9-3-10-18-24)25-19-11-4-12-20-25/h1-20,26-30,32H,21H2/t26-,27-,28-,29-,30?/m1/s1. The molecule has 182 valence electrons. The highest BCUT2D eigenvalue weighted by Gasteiger charge is 2.53. The first-order valence-corrected chi connectivity index (χ1v) is 12.3. The lowest BCUT2D eigenvalue weighted by atomic mass is 9.80. The number of hydrogen-bond donors (Lipinski definition) is 1. The van der Waals surface area contributed by atoms with E-state index in [0.717, 1.165) is 22.3 Å². The number of aliphatic hydroxyl groups is 1. The van der Waals surface area contributed by atoms with Crippen LogP contribution in [0.5, 0.6) is 0 Å². The van der Waals surface area contributed by atoms with E-state index in [1.165, 1.54) is 0 Å². The van der Waals surface area contributed by atoms with Gasteiger partial charge in [-0.25, -0.2) is 0 Å². The summed E-state index contributed by atoms with van der Waals surface area (Å²) in [4.78, 5) is 0. The van der Waals surface area contributed by atoms with Gasteiger partial charge in [-0.15, -0.1) is 0 Å². The topological polar surface area (TPSA) is 57.2 Å². The second kappa shape index (κ2) is 9.97. The third-order valence-electron chi connectivity index (χ3n) is 6.92. The zero-order valence-electron chi connectivity index (χ0n) is 19.7. The highest BCUT2D eigenvalue weighted by molar-refractivity contribution is 5.47. The van der Waals surface area contributed by atoms with Crippen LogP contribution in [0.1, 0.15) is 28.5 Å². The van der Waals surface area contributed by atoms with Crippen molar-refractivity contribution in [3.05, 3.63) is 144 Å². The van der Waals surface area contributed by atoms with E-state index in [-0.39, 0.29) is 6.61 Å². The van der Waals surface area contributed by atoms with Crippen LogP contribution in [0.2, 0.25) is 0 Å². The summed E-state index contributed by atoms with van der Waals surface area (Å²) in [6.07, 6.45) is -3.18. The van der Waals surface area contributed by atoms with Gasteiger partial charge in [0.15, 0.2) is 12.6 Å². The first kappa shape index (κ1) is 23.1. The van der Waals surface area contributed by atoms with E-state index in [9.17, 15) is 5.11 Å². The van der Waals surface area contributed by atoms with Gasteiger partial charge in [0, 0.05) is 5.56 Å². The molecule has 1 unspecified atom stereocenters. The smallest absolute Gasteiger partial charge is 0.185 e. The van der Waals surface area contributed by atoms with Gasteiger partial charge in [-0.2, -0.15) is 0 Å². The van der Waals surface area contributed by atoms with E-state index < -0.39 is 36.5 Å². The van der Waals surface area contributed by atoms with Crippen molar-refractivity contribution in [2.45, 2.75) is 36.5 Å².